The van der Waals surface area contributed by atoms with E-state index in [2.05, 4.69) is 0 Å². The number of rotatable bonds is 8. The van der Waals surface area contributed by atoms with Gasteiger partial charge in [0, 0.05) is 16.8 Å². The van der Waals surface area contributed by atoms with Gasteiger partial charge >= 0.3 is 18.0 Å². The van der Waals surface area contributed by atoms with E-state index in [0.29, 0.717) is 22.4 Å². The van der Waals surface area contributed by atoms with Crippen LogP contribution in [0.2, 0.25) is 0 Å². The molecule has 1 atom stereocenters. The normalized spacial score (nSPS) is 15.4. The van der Waals surface area contributed by atoms with Crippen molar-refractivity contribution in [2.75, 3.05) is 18.1 Å². The van der Waals surface area contributed by atoms with E-state index < -0.39 is 24.1 Å². The molecule has 0 aromatic heterocycles. The first-order chi connectivity index (χ1) is 14.4. The highest BCUT2D eigenvalue weighted by molar-refractivity contribution is 5.89. The van der Waals surface area contributed by atoms with E-state index >= 15 is 0 Å². The van der Waals surface area contributed by atoms with Crippen LogP contribution in [0.5, 0.6) is 5.75 Å². The minimum absolute atomic E-state index is 0.0677. The summed E-state index contributed by atoms with van der Waals surface area (Å²) in [5.74, 6) is -1.98. The van der Waals surface area contributed by atoms with Crippen molar-refractivity contribution in [1.29, 1.82) is 5.26 Å². The third-order valence-electron chi connectivity index (χ3n) is 4.46. The minimum atomic E-state index is -1.08. The lowest BCUT2D eigenvalue weighted by Gasteiger charge is -2.17. The molecule has 1 aliphatic rings. The Morgan fingerprint density at radius 1 is 1.10 bits per heavy atom. The Labute approximate surface area is 171 Å². The smallest absolute Gasteiger partial charge is 0.414 e. The molecule has 1 saturated heterocycles. The van der Waals surface area contributed by atoms with Crippen molar-refractivity contribution in [3.8, 4) is 11.8 Å². The maximum atomic E-state index is 12.2. The van der Waals surface area contributed by atoms with E-state index in [0.717, 1.165) is 0 Å². The van der Waals surface area contributed by atoms with Crippen LogP contribution in [0.4, 0.5) is 10.5 Å². The van der Waals surface area contributed by atoms with Gasteiger partial charge in [-0.15, -0.1) is 0 Å². The van der Waals surface area contributed by atoms with Gasteiger partial charge in [-0.3, -0.25) is 14.5 Å². The van der Waals surface area contributed by atoms with Gasteiger partial charge in [-0.1, -0.05) is 18.2 Å². The van der Waals surface area contributed by atoms with Gasteiger partial charge in [0.05, 0.1) is 31.0 Å². The second-order valence-electron chi connectivity index (χ2n) is 6.63. The van der Waals surface area contributed by atoms with Crippen LogP contribution in [-0.4, -0.2) is 47.5 Å². The van der Waals surface area contributed by atoms with Crippen molar-refractivity contribution in [2.24, 2.45) is 0 Å². The molecule has 2 aromatic rings. The number of nitrogens with zero attached hydrogens (tertiary/aromatic N) is 2. The number of nitriles is 1. The standard InChI is InChI=1S/C21H18N2O7/c22-10-13-4-6-16(7-5-13)23-11-17(30-21(23)28)12-29-20-14(8-18(24)25)2-1-3-15(20)9-19(26)27/h1-7,17H,8-9,11-12H2,(H,24,25)(H,26,27). The number of hydrogen-bond donors (Lipinski definition) is 2. The van der Waals surface area contributed by atoms with Crippen LogP contribution in [0.3, 0.4) is 0 Å². The Morgan fingerprint density at radius 2 is 1.70 bits per heavy atom. The van der Waals surface area contributed by atoms with E-state index in [-0.39, 0.29) is 31.7 Å². The Kier molecular flexibility index (Phi) is 6.17. The Balaban J connectivity index is 1.73. The summed E-state index contributed by atoms with van der Waals surface area (Å²) in [4.78, 5) is 35.9. The predicted molar refractivity (Wildman–Crippen MR) is 103 cm³/mol. The fraction of sp³-hybridized carbons (Fsp3) is 0.238. The molecule has 0 bridgehead atoms. The van der Waals surface area contributed by atoms with Crippen molar-refractivity contribution in [3.63, 3.8) is 0 Å². The third-order valence-corrected chi connectivity index (χ3v) is 4.46. The quantitative estimate of drug-likeness (QED) is 0.676. The highest BCUT2D eigenvalue weighted by atomic mass is 16.6. The van der Waals surface area contributed by atoms with Crippen LogP contribution in [0.25, 0.3) is 0 Å². The molecule has 0 saturated carbocycles. The molecule has 1 fully saturated rings. The lowest BCUT2D eigenvalue weighted by Crippen LogP contribution is -2.27. The highest BCUT2D eigenvalue weighted by Crippen LogP contribution is 2.27. The van der Waals surface area contributed by atoms with E-state index in [1.807, 2.05) is 6.07 Å². The van der Waals surface area contributed by atoms with Gasteiger partial charge < -0.3 is 19.7 Å². The average molecular weight is 410 g/mol. The van der Waals surface area contributed by atoms with Gasteiger partial charge in [0.1, 0.15) is 12.4 Å². The minimum Gasteiger partial charge on any atom is -0.489 e. The monoisotopic (exact) mass is 410 g/mol. The van der Waals surface area contributed by atoms with Crippen LogP contribution in [0.1, 0.15) is 16.7 Å². The summed E-state index contributed by atoms with van der Waals surface area (Å²) in [7, 11) is 0. The predicted octanol–water partition coefficient (Wildman–Crippen LogP) is 2.22. The molecule has 0 spiro atoms. The van der Waals surface area contributed by atoms with Crippen molar-refractivity contribution >= 4 is 23.7 Å². The zero-order valence-corrected chi connectivity index (χ0v) is 15.8. The summed E-state index contributed by atoms with van der Waals surface area (Å²) >= 11 is 0. The van der Waals surface area contributed by atoms with Crippen molar-refractivity contribution in [3.05, 3.63) is 59.2 Å². The molecule has 0 aliphatic carbocycles. The molecule has 1 amide bonds. The van der Waals surface area contributed by atoms with Gasteiger partial charge in [0.2, 0.25) is 0 Å². The first-order valence-corrected chi connectivity index (χ1v) is 9.03. The summed E-state index contributed by atoms with van der Waals surface area (Å²) in [5.41, 5.74) is 1.72. The number of para-hydroxylation sites is 1. The third kappa shape index (κ3) is 4.86. The molecule has 9 nitrogen and oxygen atoms in total. The number of hydrogen-bond acceptors (Lipinski definition) is 6. The van der Waals surface area contributed by atoms with Gasteiger partial charge in [0.25, 0.3) is 0 Å². The van der Waals surface area contributed by atoms with Gasteiger partial charge in [-0.2, -0.15) is 5.26 Å². The second kappa shape index (κ2) is 8.96. The van der Waals surface area contributed by atoms with Gasteiger partial charge in [0.15, 0.2) is 6.10 Å². The number of carbonyl (C=O) groups is 3. The number of ether oxygens (including phenoxy) is 2. The summed E-state index contributed by atoms with van der Waals surface area (Å²) in [5, 5.41) is 27.1. The van der Waals surface area contributed by atoms with Crippen molar-refractivity contribution in [2.45, 2.75) is 18.9 Å². The number of benzene rings is 2. The number of amides is 1. The maximum Gasteiger partial charge on any atom is 0.414 e. The van der Waals surface area contributed by atoms with E-state index in [4.69, 9.17) is 24.9 Å². The fourth-order valence-electron chi connectivity index (χ4n) is 3.14. The Bertz CT molecular complexity index is 977. The molecule has 2 N–H and O–H groups in total. The summed E-state index contributed by atoms with van der Waals surface area (Å²) in [6, 6.07) is 13.1. The van der Waals surface area contributed by atoms with E-state index in [1.165, 1.54) is 4.90 Å². The first kappa shape index (κ1) is 20.7. The molecule has 9 heteroatoms. The van der Waals surface area contributed by atoms with Crippen LogP contribution in [-0.2, 0) is 27.2 Å². The maximum absolute atomic E-state index is 12.2. The number of carbonyl (C=O) groups excluding carboxylic acids is 1. The van der Waals surface area contributed by atoms with Crippen molar-refractivity contribution in [1.82, 2.24) is 0 Å². The largest absolute Gasteiger partial charge is 0.489 e. The van der Waals surface area contributed by atoms with E-state index in [9.17, 15) is 14.4 Å². The summed E-state index contributed by atoms with van der Waals surface area (Å²) in [6.45, 7) is 0.127. The molecular formula is C21H18N2O7. The molecule has 1 heterocycles. The highest BCUT2D eigenvalue weighted by Gasteiger charge is 2.33. The topological polar surface area (TPSA) is 137 Å². The number of cyclic esters (lactones) is 1. The summed E-state index contributed by atoms with van der Waals surface area (Å²) < 4.78 is 11.1. The Morgan fingerprint density at radius 3 is 2.23 bits per heavy atom. The lowest BCUT2D eigenvalue weighted by atomic mass is 10.0. The Hall–Kier alpha value is -4.06. The molecule has 1 aliphatic heterocycles. The van der Waals surface area contributed by atoms with Crippen LogP contribution >= 0.6 is 0 Å². The zero-order valence-electron chi connectivity index (χ0n) is 15.8. The van der Waals surface area contributed by atoms with Crippen molar-refractivity contribution < 1.29 is 34.1 Å². The van der Waals surface area contributed by atoms with Crippen LogP contribution in [0.15, 0.2) is 42.5 Å². The van der Waals surface area contributed by atoms with Gasteiger partial charge in [-0.25, -0.2) is 4.79 Å². The molecule has 154 valence electrons. The molecule has 0 radical (unpaired) electrons. The van der Waals surface area contributed by atoms with Crippen LogP contribution in [0, 0.1) is 11.3 Å². The molecule has 3 rings (SSSR count). The molecular weight excluding hydrogens is 392 g/mol. The van der Waals surface area contributed by atoms with Gasteiger partial charge in [-0.05, 0) is 24.3 Å². The number of anilines is 1. The molecule has 2 aromatic carbocycles. The number of carboxylic acid groups (broad SMARTS) is 2. The average Bonchev–Trinajstić information content (AvgIpc) is 3.07. The fourth-order valence-corrected chi connectivity index (χ4v) is 3.14. The summed E-state index contributed by atoms with van der Waals surface area (Å²) in [6.07, 6.45) is -1.86. The second-order valence-corrected chi connectivity index (χ2v) is 6.63. The number of aliphatic carboxylic acids is 2. The zero-order chi connectivity index (χ0) is 21.7. The SMILES string of the molecule is N#Cc1ccc(N2CC(COc3c(CC(=O)O)cccc3CC(=O)O)OC2=O)cc1. The first-order valence-electron chi connectivity index (χ1n) is 9.03. The molecule has 1 unspecified atom stereocenters. The lowest BCUT2D eigenvalue weighted by molar-refractivity contribution is -0.137. The van der Waals surface area contributed by atoms with Crippen LogP contribution < -0.4 is 9.64 Å². The molecule has 30 heavy (non-hydrogen) atoms. The van der Waals surface area contributed by atoms with E-state index in [1.54, 1.807) is 42.5 Å². The number of carboxylic acids is 2.